The van der Waals surface area contributed by atoms with Gasteiger partial charge in [-0.25, -0.2) is 4.90 Å². The first-order valence-electron chi connectivity index (χ1n) is 12.1. The second-order valence-electron chi connectivity index (χ2n) is 10.5. The molecule has 200 valence electrons. The number of halogens is 6. The van der Waals surface area contributed by atoms with Crippen molar-refractivity contribution in [1.29, 1.82) is 0 Å². The van der Waals surface area contributed by atoms with Crippen molar-refractivity contribution in [1.82, 2.24) is 0 Å². The fourth-order valence-corrected chi connectivity index (χ4v) is 10.3. The minimum absolute atomic E-state index is 0.0721. The van der Waals surface area contributed by atoms with Gasteiger partial charge in [0.15, 0.2) is 4.33 Å². The van der Waals surface area contributed by atoms with Crippen LogP contribution < -0.4 is 9.80 Å². The summed E-state index contributed by atoms with van der Waals surface area (Å²) in [6.45, 7) is 0. The van der Waals surface area contributed by atoms with E-state index in [9.17, 15) is 19.2 Å². The summed E-state index contributed by atoms with van der Waals surface area (Å²) in [6, 6.07) is 12.7. The third-order valence-corrected chi connectivity index (χ3v) is 13.3. The largest absolute Gasteiger partial charge is 0.274 e. The van der Waals surface area contributed by atoms with Gasteiger partial charge in [-0.1, -0.05) is 58.5 Å². The van der Waals surface area contributed by atoms with Crippen molar-refractivity contribution in [3.63, 3.8) is 0 Å². The van der Waals surface area contributed by atoms with Gasteiger partial charge >= 0.3 is 0 Å². The van der Waals surface area contributed by atoms with Crippen LogP contribution in [0.15, 0.2) is 58.6 Å². The molecule has 6 atom stereocenters. The second kappa shape index (κ2) is 8.15. The van der Waals surface area contributed by atoms with Crippen LogP contribution in [-0.2, 0) is 9.59 Å². The summed E-state index contributed by atoms with van der Waals surface area (Å²) in [5, 5.41) is 0.144. The van der Waals surface area contributed by atoms with E-state index >= 15 is 0 Å². The van der Waals surface area contributed by atoms with Crippen LogP contribution in [0.4, 0.5) is 11.4 Å². The molecule has 0 N–H and O–H groups in total. The number of anilines is 2. The molecule has 4 amide bonds. The standard InChI is InChI=1S/C27H16Cl6N2O4/c28-19-20(29)26(31)18-10-16-15(9-17(18)25(19,30)27(26,32)33)23(38)35(24(16)39)12-7-5-11(6-8-12)34-21(36)13-3-1-2-4-14(13)22(34)37/h1-8,15-18H,9-10H2/t15-,16+,17+,18-,25-,26-/m0/s1. The molecule has 0 unspecified atom stereocenters. The highest BCUT2D eigenvalue weighted by Gasteiger charge is 2.83. The topological polar surface area (TPSA) is 74.8 Å². The molecule has 3 fully saturated rings. The number of carbonyl (C=O) groups excluding carboxylic acids is 4. The molecule has 0 aromatic heterocycles. The number of hydrogen-bond acceptors (Lipinski definition) is 4. The van der Waals surface area contributed by atoms with E-state index in [0.29, 0.717) is 22.5 Å². The van der Waals surface area contributed by atoms with Crippen molar-refractivity contribution < 1.29 is 19.2 Å². The molecule has 12 heteroatoms. The monoisotopic (exact) mass is 642 g/mol. The number of benzene rings is 2. The number of rotatable bonds is 2. The Hall–Kier alpha value is -1.80. The van der Waals surface area contributed by atoms with E-state index in [4.69, 9.17) is 69.6 Å². The smallest absolute Gasteiger partial charge is 0.266 e. The van der Waals surface area contributed by atoms with Crippen molar-refractivity contribution >= 4 is 105 Å². The number of allylic oxidation sites excluding steroid dienone is 2. The molecular weight excluding hydrogens is 629 g/mol. The number of nitrogens with zero attached hydrogens (tertiary/aromatic N) is 2. The van der Waals surface area contributed by atoms with Crippen LogP contribution in [0.1, 0.15) is 33.6 Å². The highest BCUT2D eigenvalue weighted by atomic mass is 35.5. The Balaban J connectivity index is 1.18. The summed E-state index contributed by atoms with van der Waals surface area (Å²) in [5.41, 5.74) is 1.30. The Morgan fingerprint density at radius 1 is 0.615 bits per heavy atom. The molecule has 2 aliphatic heterocycles. The maximum Gasteiger partial charge on any atom is 0.266 e. The van der Waals surface area contributed by atoms with Crippen LogP contribution in [0.25, 0.3) is 0 Å². The molecule has 39 heavy (non-hydrogen) atoms. The van der Waals surface area contributed by atoms with Gasteiger partial charge in [0.25, 0.3) is 11.8 Å². The normalized spacial score (nSPS) is 36.2. The lowest BCUT2D eigenvalue weighted by molar-refractivity contribution is -0.122. The van der Waals surface area contributed by atoms with Crippen molar-refractivity contribution in [2.24, 2.45) is 23.7 Å². The van der Waals surface area contributed by atoms with E-state index < -0.39 is 49.6 Å². The summed E-state index contributed by atoms with van der Waals surface area (Å²) in [7, 11) is 0. The SMILES string of the molecule is O=C1c2ccccc2C(=O)N1c1ccc(N2C(=O)[C@H]3C[C@@H]4[C@H](C[C@H]3C2=O)[C@]2(Cl)C(Cl)=C(Cl)[C@]4(Cl)C2(Cl)Cl)cc1. The number of hydrogen-bond donors (Lipinski definition) is 0. The molecular formula is C27H16Cl6N2O4. The predicted molar refractivity (Wildman–Crippen MR) is 150 cm³/mol. The molecule has 0 spiro atoms. The maximum absolute atomic E-state index is 13.6. The zero-order valence-electron chi connectivity index (χ0n) is 19.6. The zero-order valence-corrected chi connectivity index (χ0v) is 24.2. The van der Waals surface area contributed by atoms with Crippen LogP contribution in [0.2, 0.25) is 0 Å². The minimum Gasteiger partial charge on any atom is -0.274 e. The third kappa shape index (κ3) is 2.88. The predicted octanol–water partition coefficient (Wildman–Crippen LogP) is 6.46. The van der Waals surface area contributed by atoms with Gasteiger partial charge in [0.05, 0.1) is 44.4 Å². The molecule has 7 rings (SSSR count). The molecule has 5 aliphatic rings. The number of imide groups is 2. The second-order valence-corrected chi connectivity index (χ2v) is 13.8. The first kappa shape index (κ1) is 26.1. The van der Waals surface area contributed by atoms with Gasteiger partial charge in [-0.05, 0) is 61.1 Å². The van der Waals surface area contributed by atoms with Crippen molar-refractivity contribution in [3.8, 4) is 0 Å². The summed E-state index contributed by atoms with van der Waals surface area (Å²) >= 11 is 40.3. The highest BCUT2D eigenvalue weighted by molar-refractivity contribution is 6.65. The van der Waals surface area contributed by atoms with Gasteiger partial charge in [-0.3, -0.25) is 24.1 Å². The number of fused-ring (bicyclic) bond motifs is 7. The van der Waals surface area contributed by atoms with Gasteiger partial charge in [0, 0.05) is 0 Å². The number of alkyl halides is 4. The van der Waals surface area contributed by atoms with E-state index in [-0.39, 0.29) is 34.7 Å². The first-order chi connectivity index (χ1) is 18.4. The van der Waals surface area contributed by atoms with E-state index in [1.807, 2.05) is 0 Å². The molecule has 3 aliphatic carbocycles. The van der Waals surface area contributed by atoms with Gasteiger partial charge in [-0.2, -0.15) is 0 Å². The van der Waals surface area contributed by atoms with Crippen LogP contribution in [0.5, 0.6) is 0 Å². The van der Waals surface area contributed by atoms with Crippen LogP contribution in [-0.4, -0.2) is 37.7 Å². The van der Waals surface area contributed by atoms with Gasteiger partial charge in [0.2, 0.25) is 11.8 Å². The lowest BCUT2D eigenvalue weighted by Crippen LogP contribution is -2.44. The summed E-state index contributed by atoms with van der Waals surface area (Å²) < 4.78 is -1.73. The maximum atomic E-state index is 13.6. The Morgan fingerprint density at radius 2 is 1.00 bits per heavy atom. The zero-order chi connectivity index (χ0) is 27.8. The van der Waals surface area contributed by atoms with Crippen LogP contribution in [0.3, 0.4) is 0 Å². The van der Waals surface area contributed by atoms with Crippen molar-refractivity contribution in [2.45, 2.75) is 26.9 Å². The van der Waals surface area contributed by atoms with Crippen molar-refractivity contribution in [2.75, 3.05) is 9.80 Å². The molecule has 1 saturated heterocycles. The van der Waals surface area contributed by atoms with E-state index in [0.717, 1.165) is 9.80 Å². The molecule has 2 heterocycles. The van der Waals surface area contributed by atoms with Crippen molar-refractivity contribution in [3.05, 3.63) is 69.7 Å². The molecule has 2 saturated carbocycles. The summed E-state index contributed by atoms with van der Waals surface area (Å²) in [5.74, 6) is -3.93. The molecule has 0 radical (unpaired) electrons. The molecule has 2 aromatic carbocycles. The Labute approximate surface area is 252 Å². The lowest BCUT2D eigenvalue weighted by atomic mass is 9.65. The van der Waals surface area contributed by atoms with Crippen LogP contribution >= 0.6 is 69.6 Å². The fraction of sp³-hybridized carbons (Fsp3) is 0.333. The Morgan fingerprint density at radius 3 is 1.41 bits per heavy atom. The Kier molecular flexibility index (Phi) is 5.46. The Bertz CT molecular complexity index is 1490. The van der Waals surface area contributed by atoms with Gasteiger partial charge < -0.3 is 0 Å². The fourth-order valence-electron chi connectivity index (χ4n) is 7.15. The molecule has 2 aromatic rings. The first-order valence-corrected chi connectivity index (χ1v) is 14.4. The minimum atomic E-state index is -1.73. The quantitative estimate of drug-likeness (QED) is 0.278. The van der Waals surface area contributed by atoms with Gasteiger partial charge in [-0.15, -0.1) is 23.2 Å². The molecule has 2 bridgehead atoms. The highest BCUT2D eigenvalue weighted by Crippen LogP contribution is 2.79. The van der Waals surface area contributed by atoms with E-state index in [2.05, 4.69) is 0 Å². The van der Waals surface area contributed by atoms with E-state index in [1.165, 1.54) is 12.1 Å². The van der Waals surface area contributed by atoms with Crippen LogP contribution in [0, 0.1) is 23.7 Å². The number of amides is 4. The van der Waals surface area contributed by atoms with Gasteiger partial charge in [0.1, 0.15) is 9.75 Å². The summed E-state index contributed by atoms with van der Waals surface area (Å²) in [6.07, 6.45) is 0.423. The average molecular weight is 645 g/mol. The molecule has 6 nitrogen and oxygen atoms in total. The average Bonchev–Trinajstić information content (AvgIpc) is 3.41. The van der Waals surface area contributed by atoms with E-state index in [1.54, 1.807) is 36.4 Å². The summed E-state index contributed by atoms with van der Waals surface area (Å²) in [4.78, 5) is 52.1. The third-order valence-electron chi connectivity index (χ3n) is 8.99. The number of carbonyl (C=O) groups is 4. The lowest BCUT2D eigenvalue weighted by Gasteiger charge is -2.42.